The Morgan fingerprint density at radius 1 is 1.15 bits per heavy atom. The van der Waals surface area contributed by atoms with E-state index < -0.39 is 0 Å². The Kier molecular flexibility index (Phi) is 5.43. The van der Waals surface area contributed by atoms with Crippen molar-refractivity contribution in [2.24, 2.45) is 5.73 Å². The number of nitrogens with two attached hydrogens (primary N) is 1. The van der Waals surface area contributed by atoms with Gasteiger partial charge >= 0.3 is 5.69 Å². The predicted molar refractivity (Wildman–Crippen MR) is 86.9 cm³/mol. The van der Waals surface area contributed by atoms with Gasteiger partial charge in [0.2, 0.25) is 0 Å². The molecule has 0 saturated carbocycles. The van der Waals surface area contributed by atoms with Crippen molar-refractivity contribution in [3.63, 3.8) is 0 Å². The molecular formula is C15H22BrN3O. The first-order chi connectivity index (χ1) is 9.61. The van der Waals surface area contributed by atoms with Gasteiger partial charge in [-0.1, -0.05) is 55.0 Å². The molecule has 4 nitrogen and oxygen atoms in total. The molecule has 2 aromatic rings. The summed E-state index contributed by atoms with van der Waals surface area (Å²) < 4.78 is 0.960. The summed E-state index contributed by atoms with van der Waals surface area (Å²) in [7, 11) is 0. The zero-order valence-corrected chi connectivity index (χ0v) is 13.4. The van der Waals surface area contributed by atoms with E-state index in [1.165, 1.54) is 25.7 Å². The average molecular weight is 340 g/mol. The van der Waals surface area contributed by atoms with Crippen molar-refractivity contribution in [2.75, 3.05) is 0 Å². The number of H-pyrrole nitrogens is 2. The van der Waals surface area contributed by atoms with Gasteiger partial charge in [-0.05, 0) is 24.1 Å². The average Bonchev–Trinajstić information content (AvgIpc) is 2.76. The molecule has 1 aromatic heterocycles. The molecule has 2 rings (SSSR count). The molecule has 0 aliphatic rings. The Morgan fingerprint density at radius 3 is 2.50 bits per heavy atom. The number of rotatable bonds is 7. The Hall–Kier alpha value is -1.07. The summed E-state index contributed by atoms with van der Waals surface area (Å²) in [4.78, 5) is 16.8. The highest BCUT2D eigenvalue weighted by Gasteiger charge is 2.12. The molecule has 4 N–H and O–H groups in total. The zero-order chi connectivity index (χ0) is 14.5. The van der Waals surface area contributed by atoms with Gasteiger partial charge in [0, 0.05) is 10.5 Å². The van der Waals surface area contributed by atoms with Gasteiger partial charge in [-0.3, -0.25) is 0 Å². The summed E-state index contributed by atoms with van der Waals surface area (Å²) in [5, 5.41) is 0. The van der Waals surface area contributed by atoms with E-state index in [9.17, 15) is 4.79 Å². The van der Waals surface area contributed by atoms with E-state index in [2.05, 4.69) is 32.8 Å². The van der Waals surface area contributed by atoms with E-state index in [1.54, 1.807) is 0 Å². The van der Waals surface area contributed by atoms with E-state index in [0.29, 0.717) is 0 Å². The largest absolute Gasteiger partial charge is 0.324 e. The van der Waals surface area contributed by atoms with Crippen LogP contribution in [-0.4, -0.2) is 9.97 Å². The third-order valence-electron chi connectivity index (χ3n) is 3.65. The SMILES string of the molecule is CCCCCCCC(N)c1cc2[nH]c(=O)[nH]c2cc1Br. The van der Waals surface area contributed by atoms with Gasteiger partial charge in [0.05, 0.1) is 11.0 Å². The molecule has 1 heterocycles. The molecule has 0 fully saturated rings. The van der Waals surface area contributed by atoms with Gasteiger partial charge in [0.1, 0.15) is 0 Å². The number of fused-ring (bicyclic) bond motifs is 1. The molecule has 0 radical (unpaired) electrons. The standard InChI is InChI=1S/C15H22BrN3O/c1-2-3-4-5-6-7-12(17)10-8-13-14(9-11(10)16)19-15(20)18-13/h8-9,12H,2-7,17H2,1H3,(H2,18,19,20). The number of aromatic amines is 2. The second-order valence-electron chi connectivity index (χ2n) is 5.31. The summed E-state index contributed by atoms with van der Waals surface area (Å²) in [6.45, 7) is 2.22. The lowest BCUT2D eigenvalue weighted by atomic mass is 10.00. The van der Waals surface area contributed by atoms with Crippen molar-refractivity contribution in [3.8, 4) is 0 Å². The quantitative estimate of drug-likeness (QED) is 0.667. The number of imidazole rings is 1. The maximum absolute atomic E-state index is 11.3. The van der Waals surface area contributed by atoms with Crippen LogP contribution in [0, 0.1) is 0 Å². The molecule has 1 atom stereocenters. The number of aromatic nitrogens is 2. The van der Waals surface area contributed by atoms with E-state index in [-0.39, 0.29) is 11.7 Å². The monoisotopic (exact) mass is 339 g/mol. The number of unbranched alkanes of at least 4 members (excludes halogenated alkanes) is 4. The zero-order valence-electron chi connectivity index (χ0n) is 11.8. The van der Waals surface area contributed by atoms with Crippen LogP contribution in [0.1, 0.15) is 57.1 Å². The first kappa shape index (κ1) is 15.3. The van der Waals surface area contributed by atoms with Crippen molar-refractivity contribution >= 4 is 27.0 Å². The Labute approximate surface area is 127 Å². The van der Waals surface area contributed by atoms with Crippen LogP contribution in [0.25, 0.3) is 11.0 Å². The van der Waals surface area contributed by atoms with E-state index >= 15 is 0 Å². The molecular weight excluding hydrogens is 318 g/mol. The smallest absolute Gasteiger partial charge is 0.323 e. The second-order valence-corrected chi connectivity index (χ2v) is 6.16. The van der Waals surface area contributed by atoms with Crippen LogP contribution in [0.2, 0.25) is 0 Å². The minimum atomic E-state index is -0.183. The van der Waals surface area contributed by atoms with Gasteiger partial charge < -0.3 is 15.7 Å². The molecule has 110 valence electrons. The van der Waals surface area contributed by atoms with Crippen LogP contribution < -0.4 is 11.4 Å². The fraction of sp³-hybridized carbons (Fsp3) is 0.533. The lowest BCUT2D eigenvalue weighted by molar-refractivity contribution is 0.554. The first-order valence-corrected chi connectivity index (χ1v) is 8.08. The third kappa shape index (κ3) is 3.73. The number of hydrogen-bond donors (Lipinski definition) is 3. The summed E-state index contributed by atoms with van der Waals surface area (Å²) in [5.74, 6) is 0. The normalized spacial score (nSPS) is 12.9. The summed E-state index contributed by atoms with van der Waals surface area (Å²) >= 11 is 3.55. The molecule has 1 aromatic carbocycles. The highest BCUT2D eigenvalue weighted by atomic mass is 79.9. The van der Waals surface area contributed by atoms with Crippen LogP contribution in [-0.2, 0) is 0 Å². The lowest BCUT2D eigenvalue weighted by Gasteiger charge is -2.14. The fourth-order valence-corrected chi connectivity index (χ4v) is 3.12. The predicted octanol–water partition coefficient (Wildman–Crippen LogP) is 3.98. The maximum atomic E-state index is 11.3. The Balaban J connectivity index is 2.03. The molecule has 0 aliphatic heterocycles. The van der Waals surface area contributed by atoms with Crippen LogP contribution >= 0.6 is 15.9 Å². The van der Waals surface area contributed by atoms with Crippen molar-refractivity contribution in [1.82, 2.24) is 9.97 Å². The van der Waals surface area contributed by atoms with Crippen molar-refractivity contribution < 1.29 is 0 Å². The minimum Gasteiger partial charge on any atom is -0.324 e. The first-order valence-electron chi connectivity index (χ1n) is 7.29. The molecule has 0 bridgehead atoms. The van der Waals surface area contributed by atoms with Crippen molar-refractivity contribution in [2.45, 2.75) is 51.5 Å². The number of halogens is 1. The fourth-order valence-electron chi connectivity index (χ4n) is 2.48. The molecule has 0 amide bonds. The summed E-state index contributed by atoms with van der Waals surface area (Å²) in [6, 6.07) is 3.89. The second kappa shape index (κ2) is 7.09. The lowest BCUT2D eigenvalue weighted by Crippen LogP contribution is -2.11. The Morgan fingerprint density at radius 2 is 1.80 bits per heavy atom. The molecule has 0 aliphatic carbocycles. The van der Waals surface area contributed by atoms with Gasteiger partial charge in [-0.25, -0.2) is 4.79 Å². The number of benzene rings is 1. The maximum Gasteiger partial charge on any atom is 0.323 e. The van der Waals surface area contributed by atoms with E-state index in [1.807, 2.05) is 12.1 Å². The molecule has 1 unspecified atom stereocenters. The van der Waals surface area contributed by atoms with E-state index in [0.717, 1.165) is 33.9 Å². The molecule has 20 heavy (non-hydrogen) atoms. The van der Waals surface area contributed by atoms with Gasteiger partial charge in [-0.15, -0.1) is 0 Å². The molecule has 0 saturated heterocycles. The summed E-state index contributed by atoms with van der Waals surface area (Å²) in [5.41, 5.74) is 8.77. The van der Waals surface area contributed by atoms with Crippen molar-refractivity contribution in [1.29, 1.82) is 0 Å². The topological polar surface area (TPSA) is 74.7 Å². The Bertz CT molecular complexity index is 617. The van der Waals surface area contributed by atoms with E-state index in [4.69, 9.17) is 5.73 Å². The van der Waals surface area contributed by atoms with Crippen LogP contribution in [0.15, 0.2) is 21.4 Å². The number of nitrogens with one attached hydrogen (secondary N) is 2. The molecule has 0 spiro atoms. The van der Waals surface area contributed by atoms with Gasteiger partial charge in [0.15, 0.2) is 0 Å². The highest BCUT2D eigenvalue weighted by molar-refractivity contribution is 9.10. The van der Waals surface area contributed by atoms with Gasteiger partial charge in [-0.2, -0.15) is 0 Å². The number of hydrogen-bond acceptors (Lipinski definition) is 2. The molecule has 5 heteroatoms. The van der Waals surface area contributed by atoms with Crippen LogP contribution in [0.4, 0.5) is 0 Å². The summed E-state index contributed by atoms with van der Waals surface area (Å²) in [6.07, 6.45) is 7.21. The van der Waals surface area contributed by atoms with Crippen LogP contribution in [0.5, 0.6) is 0 Å². The third-order valence-corrected chi connectivity index (χ3v) is 4.34. The van der Waals surface area contributed by atoms with Gasteiger partial charge in [0.25, 0.3) is 0 Å². The highest BCUT2D eigenvalue weighted by Crippen LogP contribution is 2.28. The van der Waals surface area contributed by atoms with Crippen LogP contribution in [0.3, 0.4) is 0 Å². The minimum absolute atomic E-state index is 0.00815. The van der Waals surface area contributed by atoms with Crippen molar-refractivity contribution in [3.05, 3.63) is 32.7 Å².